The minimum absolute atomic E-state index is 0.0952. The van der Waals surface area contributed by atoms with Gasteiger partial charge in [0.2, 0.25) is 0 Å². The van der Waals surface area contributed by atoms with Crippen LogP contribution in [0.2, 0.25) is 0 Å². The van der Waals surface area contributed by atoms with E-state index in [9.17, 15) is 5.11 Å². The number of hydrogen-bond donors (Lipinski definition) is 1. The van der Waals surface area contributed by atoms with E-state index in [0.29, 0.717) is 0 Å². The molecule has 0 saturated heterocycles. The van der Waals surface area contributed by atoms with Crippen molar-refractivity contribution in [1.29, 1.82) is 0 Å². The summed E-state index contributed by atoms with van der Waals surface area (Å²) in [5.41, 5.74) is 0.972. The van der Waals surface area contributed by atoms with Gasteiger partial charge in [-0.25, -0.2) is 0 Å². The van der Waals surface area contributed by atoms with Gasteiger partial charge in [0.05, 0.1) is 12.7 Å². The molecule has 0 amide bonds. The lowest BCUT2D eigenvalue weighted by molar-refractivity contribution is 0.0381. The molecule has 18 heavy (non-hydrogen) atoms. The summed E-state index contributed by atoms with van der Waals surface area (Å²) in [5.74, 6) is 0. The molecule has 0 aliphatic rings. The first kappa shape index (κ1) is 15.2. The number of rotatable bonds is 8. The molecule has 0 saturated carbocycles. The number of ether oxygens (including phenoxy) is 1. The van der Waals surface area contributed by atoms with E-state index in [4.69, 9.17) is 4.74 Å². The molecule has 0 aliphatic heterocycles. The Morgan fingerprint density at radius 2 is 1.89 bits per heavy atom. The highest BCUT2D eigenvalue weighted by atomic mass is 16.5. The molecule has 0 heterocycles. The van der Waals surface area contributed by atoms with Crippen molar-refractivity contribution in [2.75, 3.05) is 26.3 Å². The van der Waals surface area contributed by atoms with E-state index in [1.807, 2.05) is 37.3 Å². The number of aliphatic hydroxyl groups excluding tert-OH is 1. The summed E-state index contributed by atoms with van der Waals surface area (Å²) in [6, 6.07) is 9.92. The Labute approximate surface area is 110 Å². The highest BCUT2D eigenvalue weighted by Crippen LogP contribution is 2.20. The van der Waals surface area contributed by atoms with Gasteiger partial charge in [-0.15, -0.1) is 0 Å². The number of aliphatic hydroxyl groups is 1. The molecule has 1 aromatic rings. The van der Waals surface area contributed by atoms with Crippen LogP contribution in [0.5, 0.6) is 0 Å². The smallest absolute Gasteiger partial charge is 0.0942 e. The highest BCUT2D eigenvalue weighted by molar-refractivity contribution is 5.18. The van der Waals surface area contributed by atoms with Gasteiger partial charge in [0.15, 0.2) is 0 Å². The Hall–Kier alpha value is -0.900. The summed E-state index contributed by atoms with van der Waals surface area (Å²) in [6.07, 6.45) is -0.451. The average Bonchev–Trinajstić information content (AvgIpc) is 2.43. The summed E-state index contributed by atoms with van der Waals surface area (Å²) < 4.78 is 5.38. The second-order valence-electron chi connectivity index (χ2n) is 4.42. The monoisotopic (exact) mass is 251 g/mol. The van der Waals surface area contributed by atoms with Crippen molar-refractivity contribution in [1.82, 2.24) is 4.90 Å². The zero-order valence-electron chi connectivity index (χ0n) is 11.7. The van der Waals surface area contributed by atoms with Crippen LogP contribution in [0, 0.1) is 0 Å². The van der Waals surface area contributed by atoms with Gasteiger partial charge in [-0.1, -0.05) is 37.3 Å². The molecule has 2 unspecified atom stereocenters. The molecular weight excluding hydrogens is 226 g/mol. The van der Waals surface area contributed by atoms with Gasteiger partial charge in [0.1, 0.15) is 0 Å². The molecule has 0 radical (unpaired) electrons. The third-order valence-corrected chi connectivity index (χ3v) is 3.31. The van der Waals surface area contributed by atoms with Gasteiger partial charge in [-0.2, -0.15) is 0 Å². The quantitative estimate of drug-likeness (QED) is 0.720. The first-order chi connectivity index (χ1) is 8.70. The summed E-state index contributed by atoms with van der Waals surface area (Å²) in [7, 11) is 0. The highest BCUT2D eigenvalue weighted by Gasteiger charge is 2.21. The largest absolute Gasteiger partial charge is 0.387 e. The standard InChI is InChI=1S/C15H25NO2/c1-4-16(11-12-18-5-2)13(3)15(17)14-9-7-6-8-10-14/h6-10,13,15,17H,4-5,11-12H2,1-3H3. The molecule has 1 aromatic carbocycles. The number of nitrogens with zero attached hydrogens (tertiary/aromatic N) is 1. The SMILES string of the molecule is CCOCCN(CC)C(C)C(O)c1ccccc1. The van der Waals surface area contributed by atoms with Crippen LogP contribution in [0.4, 0.5) is 0 Å². The summed E-state index contributed by atoms with van der Waals surface area (Å²) in [5, 5.41) is 10.4. The molecule has 0 aliphatic carbocycles. The fourth-order valence-corrected chi connectivity index (χ4v) is 2.10. The summed E-state index contributed by atoms with van der Waals surface area (Å²) in [4.78, 5) is 2.24. The predicted octanol–water partition coefficient (Wildman–Crippen LogP) is 2.47. The number of hydrogen-bond acceptors (Lipinski definition) is 3. The van der Waals surface area contributed by atoms with Gasteiger partial charge >= 0.3 is 0 Å². The average molecular weight is 251 g/mol. The van der Waals surface area contributed by atoms with Crippen molar-refractivity contribution in [3.05, 3.63) is 35.9 Å². The lowest BCUT2D eigenvalue weighted by Crippen LogP contribution is -2.39. The Morgan fingerprint density at radius 1 is 1.22 bits per heavy atom. The van der Waals surface area contributed by atoms with Crippen molar-refractivity contribution in [2.45, 2.75) is 32.9 Å². The van der Waals surface area contributed by atoms with E-state index in [0.717, 1.165) is 31.9 Å². The minimum Gasteiger partial charge on any atom is -0.387 e. The molecule has 3 nitrogen and oxygen atoms in total. The lowest BCUT2D eigenvalue weighted by atomic mass is 10.0. The van der Waals surface area contributed by atoms with Gasteiger partial charge in [0, 0.05) is 19.2 Å². The van der Waals surface area contributed by atoms with E-state index >= 15 is 0 Å². The maximum Gasteiger partial charge on any atom is 0.0942 e. The Bertz CT molecular complexity index is 316. The van der Waals surface area contributed by atoms with E-state index < -0.39 is 6.10 Å². The second-order valence-corrected chi connectivity index (χ2v) is 4.42. The third kappa shape index (κ3) is 4.41. The number of likely N-dealkylation sites (N-methyl/N-ethyl adjacent to an activating group) is 1. The fourth-order valence-electron chi connectivity index (χ4n) is 2.10. The van der Waals surface area contributed by atoms with E-state index in [2.05, 4.69) is 18.7 Å². The fraction of sp³-hybridized carbons (Fsp3) is 0.600. The predicted molar refractivity (Wildman–Crippen MR) is 74.6 cm³/mol. The topological polar surface area (TPSA) is 32.7 Å². The molecule has 0 fully saturated rings. The maximum atomic E-state index is 10.4. The Morgan fingerprint density at radius 3 is 2.44 bits per heavy atom. The zero-order chi connectivity index (χ0) is 13.4. The van der Waals surface area contributed by atoms with Crippen molar-refractivity contribution in [3.8, 4) is 0 Å². The van der Waals surface area contributed by atoms with Crippen molar-refractivity contribution < 1.29 is 9.84 Å². The lowest BCUT2D eigenvalue weighted by Gasteiger charge is -2.31. The molecule has 1 N–H and O–H groups in total. The molecule has 0 aromatic heterocycles. The van der Waals surface area contributed by atoms with E-state index in [1.165, 1.54) is 0 Å². The van der Waals surface area contributed by atoms with Crippen LogP contribution in [0.1, 0.15) is 32.4 Å². The van der Waals surface area contributed by atoms with Crippen LogP contribution in [0.15, 0.2) is 30.3 Å². The van der Waals surface area contributed by atoms with Crippen molar-refractivity contribution >= 4 is 0 Å². The molecule has 0 spiro atoms. The van der Waals surface area contributed by atoms with E-state index in [1.54, 1.807) is 0 Å². The normalized spacial score (nSPS) is 14.7. The van der Waals surface area contributed by atoms with Crippen LogP contribution in [0.25, 0.3) is 0 Å². The summed E-state index contributed by atoms with van der Waals surface area (Å²) in [6.45, 7) is 9.41. The molecular formula is C15H25NO2. The van der Waals surface area contributed by atoms with Crippen LogP contribution >= 0.6 is 0 Å². The number of benzene rings is 1. The van der Waals surface area contributed by atoms with Crippen LogP contribution < -0.4 is 0 Å². The molecule has 3 heteroatoms. The first-order valence-electron chi connectivity index (χ1n) is 6.75. The second kappa shape index (κ2) is 8.25. The minimum atomic E-state index is -0.451. The van der Waals surface area contributed by atoms with Crippen molar-refractivity contribution in [2.24, 2.45) is 0 Å². The van der Waals surface area contributed by atoms with Gasteiger partial charge < -0.3 is 9.84 Å². The first-order valence-corrected chi connectivity index (χ1v) is 6.75. The van der Waals surface area contributed by atoms with Crippen LogP contribution in [-0.4, -0.2) is 42.4 Å². The van der Waals surface area contributed by atoms with Crippen molar-refractivity contribution in [3.63, 3.8) is 0 Å². The zero-order valence-corrected chi connectivity index (χ0v) is 11.7. The third-order valence-electron chi connectivity index (χ3n) is 3.31. The van der Waals surface area contributed by atoms with Crippen LogP contribution in [0.3, 0.4) is 0 Å². The van der Waals surface area contributed by atoms with E-state index in [-0.39, 0.29) is 6.04 Å². The van der Waals surface area contributed by atoms with Gasteiger partial charge in [-0.3, -0.25) is 4.90 Å². The molecule has 2 atom stereocenters. The van der Waals surface area contributed by atoms with Gasteiger partial charge in [0.25, 0.3) is 0 Å². The molecule has 1 rings (SSSR count). The maximum absolute atomic E-state index is 10.4. The summed E-state index contributed by atoms with van der Waals surface area (Å²) >= 11 is 0. The Balaban J connectivity index is 2.57. The molecule has 0 bridgehead atoms. The molecule has 102 valence electrons. The van der Waals surface area contributed by atoms with Gasteiger partial charge in [-0.05, 0) is 26.0 Å². The Kier molecular flexibility index (Phi) is 6.94. The van der Waals surface area contributed by atoms with Crippen LogP contribution in [-0.2, 0) is 4.74 Å².